The lowest BCUT2D eigenvalue weighted by molar-refractivity contribution is 0.163. The van der Waals surface area contributed by atoms with Crippen LogP contribution in [-0.2, 0) is 0 Å². The van der Waals surface area contributed by atoms with E-state index in [0.29, 0.717) is 11.1 Å². The topological polar surface area (TPSA) is 15.3 Å². The normalized spacial score (nSPS) is 18.5. The van der Waals surface area contributed by atoms with Gasteiger partial charge in [-0.3, -0.25) is 4.90 Å². The summed E-state index contributed by atoms with van der Waals surface area (Å²) in [5.74, 6) is 0. The molecule has 1 aromatic carbocycles. The molecule has 0 spiro atoms. The Hall–Kier alpha value is -0.280. The van der Waals surface area contributed by atoms with E-state index < -0.39 is 0 Å². The van der Waals surface area contributed by atoms with E-state index in [-0.39, 0.29) is 0 Å². The van der Waals surface area contributed by atoms with Crippen LogP contribution in [0, 0.1) is 0 Å². The lowest BCUT2D eigenvalue weighted by Crippen LogP contribution is -2.45. The highest BCUT2D eigenvalue weighted by molar-refractivity contribution is 6.42. The first-order valence-electron chi connectivity index (χ1n) is 7.12. The second kappa shape index (κ2) is 7.49. The quantitative estimate of drug-likeness (QED) is 0.879. The van der Waals surface area contributed by atoms with E-state index in [1.807, 2.05) is 12.1 Å². The molecule has 1 saturated heterocycles. The van der Waals surface area contributed by atoms with Gasteiger partial charge in [0.05, 0.1) is 10.0 Å². The molecule has 1 heterocycles. The maximum atomic E-state index is 6.41. The maximum Gasteiger partial charge on any atom is 0.0640 e. The molecule has 0 aliphatic carbocycles. The molecule has 1 aromatic rings. The van der Waals surface area contributed by atoms with E-state index in [2.05, 4.69) is 23.2 Å². The Morgan fingerprint density at radius 2 is 2.00 bits per heavy atom. The van der Waals surface area contributed by atoms with Crippen molar-refractivity contribution in [3.05, 3.63) is 33.8 Å². The van der Waals surface area contributed by atoms with Gasteiger partial charge in [-0.25, -0.2) is 0 Å². The van der Waals surface area contributed by atoms with Crippen LogP contribution in [0.4, 0.5) is 0 Å². The van der Waals surface area contributed by atoms with Crippen LogP contribution >= 0.6 is 23.2 Å². The van der Waals surface area contributed by atoms with Gasteiger partial charge in [0, 0.05) is 32.2 Å². The molecule has 1 fully saturated rings. The number of nitrogens with zero attached hydrogens (tertiary/aromatic N) is 1. The van der Waals surface area contributed by atoms with Crippen molar-refractivity contribution < 1.29 is 0 Å². The van der Waals surface area contributed by atoms with Crippen LogP contribution < -0.4 is 5.32 Å². The molecule has 0 bridgehead atoms. The van der Waals surface area contributed by atoms with Crippen LogP contribution in [0.15, 0.2) is 18.2 Å². The summed E-state index contributed by atoms with van der Waals surface area (Å²) in [6.07, 6.45) is 3.58. The van der Waals surface area contributed by atoms with Crippen LogP contribution in [0.3, 0.4) is 0 Å². The fraction of sp³-hybridized carbons (Fsp3) is 0.600. The van der Waals surface area contributed by atoms with Gasteiger partial charge >= 0.3 is 0 Å². The molecule has 0 amide bonds. The summed E-state index contributed by atoms with van der Waals surface area (Å²) in [5, 5.41) is 4.79. The zero-order chi connectivity index (χ0) is 13.7. The number of hydrogen-bond acceptors (Lipinski definition) is 2. The molecule has 2 rings (SSSR count). The molecule has 4 heteroatoms. The fourth-order valence-electron chi connectivity index (χ4n) is 2.70. The van der Waals surface area contributed by atoms with Gasteiger partial charge in [-0.2, -0.15) is 0 Å². The largest absolute Gasteiger partial charge is 0.314 e. The molecule has 1 N–H and O–H groups in total. The van der Waals surface area contributed by atoms with Gasteiger partial charge in [0.1, 0.15) is 0 Å². The highest BCUT2D eigenvalue weighted by Crippen LogP contribution is 2.35. The molecule has 1 aliphatic heterocycles. The van der Waals surface area contributed by atoms with E-state index in [1.54, 1.807) is 0 Å². The van der Waals surface area contributed by atoms with E-state index in [1.165, 1.54) is 18.4 Å². The van der Waals surface area contributed by atoms with Gasteiger partial charge in [-0.05, 0) is 18.1 Å². The van der Waals surface area contributed by atoms with E-state index in [4.69, 9.17) is 23.2 Å². The van der Waals surface area contributed by atoms with Crippen molar-refractivity contribution in [2.24, 2.45) is 0 Å². The van der Waals surface area contributed by atoms with Gasteiger partial charge in [0.25, 0.3) is 0 Å². The Kier molecular flexibility index (Phi) is 5.96. The molecule has 0 aromatic heterocycles. The Labute approximate surface area is 126 Å². The summed E-state index contributed by atoms with van der Waals surface area (Å²) < 4.78 is 0. The molecule has 2 nitrogen and oxygen atoms in total. The summed E-state index contributed by atoms with van der Waals surface area (Å²) in [5.41, 5.74) is 1.18. The van der Waals surface area contributed by atoms with Gasteiger partial charge < -0.3 is 5.32 Å². The molecule has 1 atom stereocenters. The molecule has 0 radical (unpaired) electrons. The Morgan fingerprint density at radius 3 is 2.68 bits per heavy atom. The SMILES string of the molecule is CCCCC(c1cccc(Cl)c1Cl)N1CCNCC1. The fourth-order valence-corrected chi connectivity index (χ4v) is 3.14. The summed E-state index contributed by atoms with van der Waals surface area (Å²) in [6, 6.07) is 6.39. The van der Waals surface area contributed by atoms with Crippen molar-refractivity contribution in [1.29, 1.82) is 0 Å². The first-order chi connectivity index (χ1) is 9.24. The first kappa shape index (κ1) is 15.1. The van der Waals surface area contributed by atoms with E-state index in [9.17, 15) is 0 Å². The highest BCUT2D eigenvalue weighted by atomic mass is 35.5. The smallest absolute Gasteiger partial charge is 0.0640 e. The van der Waals surface area contributed by atoms with E-state index >= 15 is 0 Å². The summed E-state index contributed by atoms with van der Waals surface area (Å²) in [4.78, 5) is 2.53. The minimum atomic E-state index is 0.397. The maximum absolute atomic E-state index is 6.41. The average Bonchev–Trinajstić information content (AvgIpc) is 2.45. The van der Waals surface area contributed by atoms with Crippen molar-refractivity contribution in [1.82, 2.24) is 10.2 Å². The van der Waals surface area contributed by atoms with Crippen molar-refractivity contribution in [2.75, 3.05) is 26.2 Å². The van der Waals surface area contributed by atoms with Crippen LogP contribution in [0.2, 0.25) is 10.0 Å². The summed E-state index contributed by atoms with van der Waals surface area (Å²) in [7, 11) is 0. The monoisotopic (exact) mass is 300 g/mol. The van der Waals surface area contributed by atoms with Crippen LogP contribution in [0.1, 0.15) is 37.8 Å². The standard InChI is InChI=1S/C15H22Cl2N2/c1-2-3-7-14(19-10-8-18-9-11-19)12-5-4-6-13(16)15(12)17/h4-6,14,18H,2-3,7-11H2,1H3. The van der Waals surface area contributed by atoms with E-state index in [0.717, 1.165) is 37.6 Å². The lowest BCUT2D eigenvalue weighted by Gasteiger charge is -2.35. The van der Waals surface area contributed by atoms with Gasteiger partial charge in [-0.1, -0.05) is 55.1 Å². The van der Waals surface area contributed by atoms with Crippen molar-refractivity contribution in [2.45, 2.75) is 32.2 Å². The zero-order valence-electron chi connectivity index (χ0n) is 11.5. The zero-order valence-corrected chi connectivity index (χ0v) is 13.0. The Bertz CT molecular complexity index is 403. The first-order valence-corrected chi connectivity index (χ1v) is 7.88. The number of piperazine rings is 1. The number of hydrogen-bond donors (Lipinski definition) is 1. The number of unbranched alkanes of at least 4 members (excludes halogenated alkanes) is 1. The summed E-state index contributed by atoms with van der Waals surface area (Å²) in [6.45, 7) is 6.50. The molecule has 1 aliphatic rings. The third kappa shape index (κ3) is 3.85. The van der Waals surface area contributed by atoms with Crippen LogP contribution in [0.5, 0.6) is 0 Å². The Morgan fingerprint density at radius 1 is 1.26 bits per heavy atom. The van der Waals surface area contributed by atoms with Gasteiger partial charge in [0.15, 0.2) is 0 Å². The molecule has 106 valence electrons. The molecular weight excluding hydrogens is 279 g/mol. The third-order valence-corrected chi connectivity index (χ3v) is 4.60. The third-order valence-electron chi connectivity index (χ3n) is 3.76. The highest BCUT2D eigenvalue weighted by Gasteiger charge is 2.24. The van der Waals surface area contributed by atoms with Crippen LogP contribution in [-0.4, -0.2) is 31.1 Å². The lowest BCUT2D eigenvalue weighted by atomic mass is 9.98. The molecule has 19 heavy (non-hydrogen) atoms. The number of rotatable bonds is 5. The molecule has 0 saturated carbocycles. The average molecular weight is 301 g/mol. The molecular formula is C15H22Cl2N2. The summed E-state index contributed by atoms with van der Waals surface area (Å²) >= 11 is 12.6. The van der Waals surface area contributed by atoms with Gasteiger partial charge in [0.2, 0.25) is 0 Å². The minimum absolute atomic E-state index is 0.397. The number of halogens is 2. The predicted molar refractivity (Wildman–Crippen MR) is 83.2 cm³/mol. The van der Waals surface area contributed by atoms with Crippen LogP contribution in [0.25, 0.3) is 0 Å². The van der Waals surface area contributed by atoms with Crippen molar-refractivity contribution >= 4 is 23.2 Å². The van der Waals surface area contributed by atoms with Crippen molar-refractivity contribution in [3.8, 4) is 0 Å². The molecule has 1 unspecified atom stereocenters. The predicted octanol–water partition coefficient (Wildman–Crippen LogP) is 4.13. The minimum Gasteiger partial charge on any atom is -0.314 e. The van der Waals surface area contributed by atoms with Gasteiger partial charge in [-0.15, -0.1) is 0 Å². The van der Waals surface area contributed by atoms with Crippen molar-refractivity contribution in [3.63, 3.8) is 0 Å². The number of nitrogens with one attached hydrogen (secondary N) is 1. The second-order valence-corrected chi connectivity index (χ2v) is 5.87. The number of benzene rings is 1. The Balaban J connectivity index is 2.22. The second-order valence-electron chi connectivity index (χ2n) is 5.09.